The molecule has 8 heteroatoms. The van der Waals surface area contributed by atoms with Crippen molar-refractivity contribution in [2.75, 3.05) is 5.32 Å². The first kappa shape index (κ1) is 19.0. The molecule has 3 aromatic rings. The van der Waals surface area contributed by atoms with Gasteiger partial charge in [0.25, 0.3) is 5.95 Å². The zero-order valence-corrected chi connectivity index (χ0v) is 17.6. The predicted molar refractivity (Wildman–Crippen MR) is 112 cm³/mol. The SMILES string of the molecule is Cc1cc(C)nc(-n2nc(C)c3c2NC(=O)C(C)SC3c2ccc(Cl)cc2)n1. The van der Waals surface area contributed by atoms with Crippen molar-refractivity contribution < 1.29 is 4.79 Å². The smallest absolute Gasteiger partial charge is 0.252 e. The zero-order valence-electron chi connectivity index (χ0n) is 16.0. The van der Waals surface area contributed by atoms with Gasteiger partial charge in [-0.05, 0) is 51.5 Å². The summed E-state index contributed by atoms with van der Waals surface area (Å²) in [4.78, 5) is 21.7. The van der Waals surface area contributed by atoms with Crippen molar-refractivity contribution in [3.8, 4) is 5.95 Å². The van der Waals surface area contributed by atoms with Crippen LogP contribution in [0.3, 0.4) is 0 Å². The fraction of sp³-hybridized carbons (Fsp3) is 0.300. The summed E-state index contributed by atoms with van der Waals surface area (Å²) >= 11 is 7.67. The number of fused-ring (bicyclic) bond motifs is 1. The molecule has 1 amide bonds. The number of anilines is 1. The minimum atomic E-state index is -0.221. The molecule has 144 valence electrons. The maximum absolute atomic E-state index is 12.7. The molecule has 6 nitrogen and oxygen atoms in total. The number of halogens is 1. The molecule has 0 aliphatic carbocycles. The molecule has 1 N–H and O–H groups in total. The van der Waals surface area contributed by atoms with E-state index >= 15 is 0 Å². The number of benzene rings is 1. The summed E-state index contributed by atoms with van der Waals surface area (Å²) in [5.74, 6) is 1.02. The molecular weight excluding hydrogens is 394 g/mol. The number of carbonyl (C=O) groups is 1. The third-order valence-electron chi connectivity index (χ3n) is 4.65. The van der Waals surface area contributed by atoms with Crippen molar-refractivity contribution in [3.05, 3.63) is 63.6 Å². The second-order valence-electron chi connectivity index (χ2n) is 6.91. The topological polar surface area (TPSA) is 72.7 Å². The highest BCUT2D eigenvalue weighted by molar-refractivity contribution is 8.01. The molecule has 28 heavy (non-hydrogen) atoms. The molecule has 2 atom stereocenters. The quantitative estimate of drug-likeness (QED) is 0.673. The lowest BCUT2D eigenvalue weighted by Crippen LogP contribution is -2.23. The highest BCUT2D eigenvalue weighted by Gasteiger charge is 2.34. The van der Waals surface area contributed by atoms with E-state index in [1.165, 1.54) is 0 Å². The average molecular weight is 414 g/mol. The van der Waals surface area contributed by atoms with Gasteiger partial charge in [0.2, 0.25) is 5.91 Å². The Morgan fingerprint density at radius 3 is 2.39 bits per heavy atom. The number of nitrogens with zero attached hydrogens (tertiary/aromatic N) is 4. The van der Waals surface area contributed by atoms with E-state index in [1.54, 1.807) is 16.4 Å². The minimum Gasteiger partial charge on any atom is -0.309 e. The molecule has 0 spiro atoms. The molecule has 0 saturated carbocycles. The number of thioether (sulfide) groups is 1. The Bertz CT molecular complexity index is 1040. The van der Waals surface area contributed by atoms with E-state index in [2.05, 4.69) is 20.4 Å². The van der Waals surface area contributed by atoms with E-state index < -0.39 is 0 Å². The van der Waals surface area contributed by atoms with E-state index in [0.29, 0.717) is 16.8 Å². The van der Waals surface area contributed by atoms with Crippen molar-refractivity contribution in [2.45, 2.75) is 38.2 Å². The number of hydrogen-bond donors (Lipinski definition) is 1. The number of amides is 1. The Labute approximate surface area is 172 Å². The molecule has 1 aromatic carbocycles. The normalized spacial score (nSPS) is 19.1. The van der Waals surface area contributed by atoms with Gasteiger partial charge in [-0.15, -0.1) is 11.8 Å². The molecule has 0 saturated heterocycles. The van der Waals surface area contributed by atoms with Crippen molar-refractivity contribution in [1.29, 1.82) is 0 Å². The zero-order chi connectivity index (χ0) is 20.0. The van der Waals surface area contributed by atoms with Crippen LogP contribution < -0.4 is 5.32 Å². The minimum absolute atomic E-state index is 0.0547. The van der Waals surface area contributed by atoms with Crippen LogP contribution in [0.4, 0.5) is 5.82 Å². The Hall–Kier alpha value is -2.38. The summed E-state index contributed by atoms with van der Waals surface area (Å²) in [5.41, 5.74) is 4.57. The molecule has 1 aliphatic rings. The van der Waals surface area contributed by atoms with Crippen LogP contribution in [0.2, 0.25) is 5.02 Å². The third-order valence-corrected chi connectivity index (χ3v) is 6.31. The molecule has 0 fully saturated rings. The van der Waals surface area contributed by atoms with Crippen LogP contribution in [-0.2, 0) is 4.79 Å². The molecule has 0 radical (unpaired) electrons. The first-order chi connectivity index (χ1) is 13.3. The van der Waals surface area contributed by atoms with Gasteiger partial charge in [0.15, 0.2) is 0 Å². The van der Waals surface area contributed by atoms with Crippen LogP contribution >= 0.6 is 23.4 Å². The van der Waals surface area contributed by atoms with Crippen molar-refractivity contribution >= 4 is 35.1 Å². The Balaban J connectivity index is 1.92. The summed E-state index contributed by atoms with van der Waals surface area (Å²) in [6.07, 6.45) is 0. The Kier molecular flexibility index (Phi) is 4.89. The van der Waals surface area contributed by atoms with Gasteiger partial charge in [-0.25, -0.2) is 9.97 Å². The fourth-order valence-corrected chi connectivity index (χ4v) is 4.80. The van der Waals surface area contributed by atoms with Crippen LogP contribution in [-0.4, -0.2) is 30.9 Å². The Morgan fingerprint density at radius 1 is 1.11 bits per heavy atom. The largest absolute Gasteiger partial charge is 0.309 e. The first-order valence-electron chi connectivity index (χ1n) is 8.97. The second-order valence-corrected chi connectivity index (χ2v) is 8.80. The summed E-state index contributed by atoms with van der Waals surface area (Å²) in [6, 6.07) is 9.64. The molecule has 1 aliphatic heterocycles. The summed E-state index contributed by atoms with van der Waals surface area (Å²) < 4.78 is 1.64. The maximum Gasteiger partial charge on any atom is 0.252 e. The van der Waals surface area contributed by atoms with Gasteiger partial charge in [-0.3, -0.25) is 4.79 Å². The van der Waals surface area contributed by atoms with Crippen LogP contribution in [0.25, 0.3) is 5.95 Å². The highest BCUT2D eigenvalue weighted by Crippen LogP contribution is 2.46. The molecule has 0 bridgehead atoms. The number of aromatic nitrogens is 4. The second kappa shape index (κ2) is 7.22. The van der Waals surface area contributed by atoms with Crippen molar-refractivity contribution in [3.63, 3.8) is 0 Å². The van der Waals surface area contributed by atoms with Gasteiger partial charge in [0, 0.05) is 22.0 Å². The van der Waals surface area contributed by atoms with Crippen molar-refractivity contribution in [1.82, 2.24) is 19.7 Å². The fourth-order valence-electron chi connectivity index (χ4n) is 3.36. The number of carbonyl (C=O) groups excluding carboxylic acids is 1. The van der Waals surface area contributed by atoms with Crippen LogP contribution in [0.1, 0.15) is 40.4 Å². The molecular formula is C20H20ClN5OS. The van der Waals surface area contributed by atoms with Gasteiger partial charge < -0.3 is 5.32 Å². The van der Waals surface area contributed by atoms with E-state index in [0.717, 1.165) is 28.2 Å². The van der Waals surface area contributed by atoms with Gasteiger partial charge in [-0.2, -0.15) is 9.78 Å². The Morgan fingerprint density at radius 2 is 1.75 bits per heavy atom. The summed E-state index contributed by atoms with van der Waals surface area (Å²) in [7, 11) is 0. The third kappa shape index (κ3) is 3.40. The summed E-state index contributed by atoms with van der Waals surface area (Å²) in [6.45, 7) is 7.69. The first-order valence-corrected chi connectivity index (χ1v) is 10.3. The van der Waals surface area contributed by atoms with Gasteiger partial charge in [0.05, 0.1) is 16.2 Å². The van der Waals surface area contributed by atoms with E-state index in [9.17, 15) is 4.79 Å². The lowest BCUT2D eigenvalue weighted by Gasteiger charge is -2.17. The predicted octanol–water partition coefficient (Wildman–Crippen LogP) is 4.40. The number of nitrogens with one attached hydrogen (secondary N) is 1. The monoisotopic (exact) mass is 413 g/mol. The molecule has 4 rings (SSSR count). The maximum atomic E-state index is 12.7. The number of rotatable bonds is 2. The van der Waals surface area contributed by atoms with Crippen LogP contribution in [0.5, 0.6) is 0 Å². The van der Waals surface area contributed by atoms with Crippen molar-refractivity contribution in [2.24, 2.45) is 0 Å². The standard InChI is InChI=1S/C20H20ClN5OS/c1-10-9-11(2)23-20(22-10)26-18-16(12(3)25-26)17(28-13(4)19(27)24-18)14-5-7-15(21)8-6-14/h5-9,13,17H,1-4H3,(H,24,27). The molecule has 2 aromatic heterocycles. The lowest BCUT2D eigenvalue weighted by atomic mass is 10.0. The van der Waals surface area contributed by atoms with Crippen LogP contribution in [0.15, 0.2) is 30.3 Å². The average Bonchev–Trinajstić information content (AvgIpc) is 2.88. The van der Waals surface area contributed by atoms with E-state index in [4.69, 9.17) is 11.6 Å². The highest BCUT2D eigenvalue weighted by atomic mass is 35.5. The van der Waals surface area contributed by atoms with Crippen LogP contribution in [0, 0.1) is 20.8 Å². The van der Waals surface area contributed by atoms with E-state index in [1.807, 2.05) is 58.0 Å². The van der Waals surface area contributed by atoms with Gasteiger partial charge in [0.1, 0.15) is 5.82 Å². The van der Waals surface area contributed by atoms with Gasteiger partial charge in [-0.1, -0.05) is 23.7 Å². The van der Waals surface area contributed by atoms with Gasteiger partial charge >= 0.3 is 0 Å². The summed E-state index contributed by atoms with van der Waals surface area (Å²) in [5, 5.41) is 8.13. The lowest BCUT2D eigenvalue weighted by molar-refractivity contribution is -0.115. The van der Waals surface area contributed by atoms with E-state index in [-0.39, 0.29) is 16.4 Å². The molecule has 2 unspecified atom stereocenters. The molecule has 3 heterocycles. The number of aryl methyl sites for hydroxylation is 3. The number of hydrogen-bond acceptors (Lipinski definition) is 5.